The Hall–Kier alpha value is -1.28. The molecule has 0 aliphatic heterocycles. The first-order valence-electron chi connectivity index (χ1n) is 6.37. The van der Waals surface area contributed by atoms with Crippen molar-refractivity contribution in [3.05, 3.63) is 46.8 Å². The highest BCUT2D eigenvalue weighted by Crippen LogP contribution is 2.14. The number of para-hydroxylation sites is 1. The Balaban J connectivity index is 2.26. The fourth-order valence-corrected chi connectivity index (χ4v) is 2.53. The van der Waals surface area contributed by atoms with Gasteiger partial charge in [-0.15, -0.1) is 11.6 Å². The Morgan fingerprint density at radius 2 is 1.94 bits per heavy atom. The van der Waals surface area contributed by atoms with Gasteiger partial charge in [0.25, 0.3) is 5.56 Å². The Bertz CT molecular complexity index is 576. The number of rotatable bonds is 5. The maximum Gasteiger partial charge on any atom is 0.251 e. The van der Waals surface area contributed by atoms with Gasteiger partial charge in [0.05, 0.1) is 5.52 Å². The summed E-state index contributed by atoms with van der Waals surface area (Å²) in [6.07, 6.45) is 1.99. The minimum atomic E-state index is 0.0757. The summed E-state index contributed by atoms with van der Waals surface area (Å²) in [6, 6.07) is 11.5. The van der Waals surface area contributed by atoms with Gasteiger partial charge in [0.2, 0.25) is 0 Å². The van der Waals surface area contributed by atoms with Crippen molar-refractivity contribution in [3.63, 3.8) is 0 Å². The molecular formula is C15H18ClNO. The van der Waals surface area contributed by atoms with E-state index in [9.17, 15) is 4.79 Å². The summed E-state index contributed by atoms with van der Waals surface area (Å²) in [5, 5.41) is 1.11. The largest absolute Gasteiger partial charge is 0.308 e. The Morgan fingerprint density at radius 3 is 2.72 bits per heavy atom. The molecule has 1 atom stereocenters. The molecule has 1 heterocycles. The quantitative estimate of drug-likeness (QED) is 0.755. The predicted octanol–water partition coefficient (Wildman–Crippen LogP) is 3.66. The van der Waals surface area contributed by atoms with Crippen LogP contribution in [0.2, 0.25) is 0 Å². The highest BCUT2D eigenvalue weighted by Gasteiger charge is 2.05. The number of hydrogen-bond donors (Lipinski definition) is 0. The Kier molecular flexibility index (Phi) is 4.43. The molecule has 2 rings (SSSR count). The molecule has 0 radical (unpaired) electrons. The second-order valence-electron chi connectivity index (χ2n) is 4.75. The van der Waals surface area contributed by atoms with Gasteiger partial charge < -0.3 is 4.57 Å². The number of halogens is 1. The lowest BCUT2D eigenvalue weighted by molar-refractivity contribution is 0.471. The number of aryl methyl sites for hydroxylation is 1. The number of nitrogens with zero attached hydrogens (tertiary/aromatic N) is 1. The average Bonchev–Trinajstić information content (AvgIpc) is 2.38. The van der Waals surface area contributed by atoms with Crippen molar-refractivity contribution >= 4 is 22.5 Å². The number of benzene rings is 1. The van der Waals surface area contributed by atoms with E-state index in [1.807, 2.05) is 34.9 Å². The summed E-state index contributed by atoms with van der Waals surface area (Å²) < 4.78 is 1.86. The molecule has 0 saturated carbocycles. The van der Waals surface area contributed by atoms with Crippen molar-refractivity contribution in [2.75, 3.05) is 5.88 Å². The molecule has 0 spiro atoms. The van der Waals surface area contributed by atoms with E-state index >= 15 is 0 Å². The summed E-state index contributed by atoms with van der Waals surface area (Å²) in [5.74, 6) is 1.24. The van der Waals surface area contributed by atoms with Crippen LogP contribution in [0.5, 0.6) is 0 Å². The second kappa shape index (κ2) is 6.05. The lowest BCUT2D eigenvalue weighted by Crippen LogP contribution is -2.20. The molecule has 0 saturated heterocycles. The van der Waals surface area contributed by atoms with Crippen LogP contribution in [0.25, 0.3) is 10.9 Å². The molecule has 0 fully saturated rings. The zero-order valence-electron chi connectivity index (χ0n) is 10.6. The van der Waals surface area contributed by atoms with Gasteiger partial charge in [-0.25, -0.2) is 0 Å². The van der Waals surface area contributed by atoms with Crippen molar-refractivity contribution in [2.24, 2.45) is 5.92 Å². The molecule has 2 aromatic rings. The van der Waals surface area contributed by atoms with E-state index in [1.54, 1.807) is 6.07 Å². The van der Waals surface area contributed by atoms with Gasteiger partial charge in [-0.2, -0.15) is 0 Å². The third-order valence-electron chi connectivity index (χ3n) is 3.35. The first-order chi connectivity index (χ1) is 8.72. The summed E-state index contributed by atoms with van der Waals surface area (Å²) in [4.78, 5) is 11.9. The summed E-state index contributed by atoms with van der Waals surface area (Å²) in [5.41, 5.74) is 1.09. The van der Waals surface area contributed by atoms with Crippen LogP contribution in [0.4, 0.5) is 0 Å². The fourth-order valence-electron chi connectivity index (χ4n) is 2.15. The summed E-state index contributed by atoms with van der Waals surface area (Å²) >= 11 is 5.74. The molecule has 1 aromatic heterocycles. The number of pyridine rings is 1. The first-order valence-corrected chi connectivity index (χ1v) is 6.90. The first kappa shape index (κ1) is 13.2. The zero-order chi connectivity index (χ0) is 13.0. The van der Waals surface area contributed by atoms with E-state index in [0.717, 1.165) is 30.3 Å². The van der Waals surface area contributed by atoms with E-state index in [4.69, 9.17) is 11.6 Å². The van der Waals surface area contributed by atoms with Gasteiger partial charge in [0, 0.05) is 18.5 Å². The molecule has 2 nitrogen and oxygen atoms in total. The van der Waals surface area contributed by atoms with Gasteiger partial charge in [0.1, 0.15) is 0 Å². The van der Waals surface area contributed by atoms with E-state index < -0.39 is 0 Å². The predicted molar refractivity (Wildman–Crippen MR) is 77.3 cm³/mol. The minimum Gasteiger partial charge on any atom is -0.308 e. The molecule has 1 unspecified atom stereocenters. The van der Waals surface area contributed by atoms with E-state index in [-0.39, 0.29) is 5.56 Å². The van der Waals surface area contributed by atoms with Crippen LogP contribution in [0.15, 0.2) is 41.2 Å². The van der Waals surface area contributed by atoms with Crippen molar-refractivity contribution in [1.82, 2.24) is 4.57 Å². The second-order valence-corrected chi connectivity index (χ2v) is 5.13. The van der Waals surface area contributed by atoms with Gasteiger partial charge >= 0.3 is 0 Å². The van der Waals surface area contributed by atoms with Crippen molar-refractivity contribution in [1.29, 1.82) is 0 Å². The molecule has 18 heavy (non-hydrogen) atoms. The van der Waals surface area contributed by atoms with Crippen LogP contribution in [0.1, 0.15) is 19.8 Å². The Morgan fingerprint density at radius 1 is 1.17 bits per heavy atom. The summed E-state index contributed by atoms with van der Waals surface area (Å²) in [6.45, 7) is 2.94. The average molecular weight is 264 g/mol. The van der Waals surface area contributed by atoms with Crippen LogP contribution in [-0.2, 0) is 6.54 Å². The van der Waals surface area contributed by atoms with Crippen LogP contribution in [0, 0.1) is 5.92 Å². The van der Waals surface area contributed by atoms with Crippen LogP contribution in [0.3, 0.4) is 0 Å². The smallest absolute Gasteiger partial charge is 0.251 e. The van der Waals surface area contributed by atoms with Crippen LogP contribution in [-0.4, -0.2) is 10.4 Å². The SMILES string of the molecule is CC(CCCl)CCn1c(=O)ccc2ccccc21. The third kappa shape index (κ3) is 2.94. The Labute approximate surface area is 112 Å². The number of alkyl halides is 1. The number of hydrogen-bond acceptors (Lipinski definition) is 1. The maximum atomic E-state index is 11.9. The highest BCUT2D eigenvalue weighted by molar-refractivity contribution is 6.17. The third-order valence-corrected chi connectivity index (χ3v) is 3.56. The highest BCUT2D eigenvalue weighted by atomic mass is 35.5. The van der Waals surface area contributed by atoms with Crippen molar-refractivity contribution in [2.45, 2.75) is 26.3 Å². The van der Waals surface area contributed by atoms with Gasteiger partial charge in [-0.05, 0) is 36.3 Å². The number of aromatic nitrogens is 1. The molecule has 1 aromatic carbocycles. The monoisotopic (exact) mass is 263 g/mol. The van der Waals surface area contributed by atoms with Gasteiger partial charge in [-0.1, -0.05) is 25.1 Å². The molecule has 0 N–H and O–H groups in total. The van der Waals surface area contributed by atoms with Crippen molar-refractivity contribution in [3.8, 4) is 0 Å². The van der Waals surface area contributed by atoms with Crippen LogP contribution < -0.4 is 5.56 Å². The lowest BCUT2D eigenvalue weighted by atomic mass is 10.1. The molecule has 0 aliphatic carbocycles. The molecule has 0 amide bonds. The molecule has 3 heteroatoms. The molecule has 0 aliphatic rings. The number of fused-ring (bicyclic) bond motifs is 1. The standard InChI is InChI=1S/C15H18ClNO/c1-12(8-10-16)9-11-17-14-5-3-2-4-13(14)6-7-15(17)18/h2-7,12H,8-11H2,1H3. The summed E-state index contributed by atoms with van der Waals surface area (Å²) in [7, 11) is 0. The minimum absolute atomic E-state index is 0.0757. The lowest BCUT2D eigenvalue weighted by Gasteiger charge is -2.13. The molecule has 0 bridgehead atoms. The molecular weight excluding hydrogens is 246 g/mol. The zero-order valence-corrected chi connectivity index (χ0v) is 11.4. The van der Waals surface area contributed by atoms with E-state index in [0.29, 0.717) is 11.8 Å². The fraction of sp³-hybridized carbons (Fsp3) is 0.400. The van der Waals surface area contributed by atoms with Gasteiger partial charge in [0.15, 0.2) is 0 Å². The maximum absolute atomic E-state index is 11.9. The van der Waals surface area contributed by atoms with Crippen LogP contribution >= 0.6 is 11.6 Å². The van der Waals surface area contributed by atoms with Crippen molar-refractivity contribution < 1.29 is 0 Å². The van der Waals surface area contributed by atoms with Gasteiger partial charge in [-0.3, -0.25) is 4.79 Å². The molecule has 96 valence electrons. The van der Waals surface area contributed by atoms with E-state index in [1.165, 1.54) is 0 Å². The topological polar surface area (TPSA) is 22.0 Å². The normalized spacial score (nSPS) is 12.8. The van der Waals surface area contributed by atoms with E-state index in [2.05, 4.69) is 6.92 Å².